The highest BCUT2D eigenvalue weighted by atomic mass is 32.2. The first-order chi connectivity index (χ1) is 8.24. The molecule has 0 unspecified atom stereocenters. The molecule has 0 spiro atoms. The fourth-order valence-corrected chi connectivity index (χ4v) is 3.21. The second kappa shape index (κ2) is 6.43. The molecule has 1 saturated carbocycles. The Morgan fingerprint density at radius 3 is 2.65 bits per heavy atom. The van der Waals surface area contributed by atoms with Crippen molar-refractivity contribution in [1.29, 1.82) is 0 Å². The third kappa shape index (κ3) is 4.34. The Labute approximate surface area is 108 Å². The average molecular weight is 251 g/mol. The molecular weight excluding hydrogens is 230 g/mol. The Bertz CT molecular complexity index is 324. The number of hydrogen-bond acceptors (Lipinski definition) is 3. The summed E-state index contributed by atoms with van der Waals surface area (Å²) in [7, 11) is 2.18. The number of nitrogens with zero attached hydrogens (tertiary/aromatic N) is 1. The molecule has 0 aromatic heterocycles. The standard InChI is InChI=1S/C14H21NOS/c1-15(11-12-9-13(16)10-12)7-8-17-14-5-3-2-4-6-14/h2-6,12-13,16H,7-11H2,1H3. The molecule has 2 rings (SSSR count). The topological polar surface area (TPSA) is 23.5 Å². The highest BCUT2D eigenvalue weighted by molar-refractivity contribution is 7.99. The van der Waals surface area contributed by atoms with E-state index in [0.717, 1.165) is 37.6 Å². The van der Waals surface area contributed by atoms with Gasteiger partial charge in [-0.15, -0.1) is 11.8 Å². The predicted molar refractivity (Wildman–Crippen MR) is 73.4 cm³/mol. The van der Waals surface area contributed by atoms with Crippen molar-refractivity contribution in [3.63, 3.8) is 0 Å². The van der Waals surface area contributed by atoms with Crippen LogP contribution in [0, 0.1) is 5.92 Å². The lowest BCUT2D eigenvalue weighted by Crippen LogP contribution is -2.37. The first-order valence-electron chi connectivity index (χ1n) is 6.28. The smallest absolute Gasteiger partial charge is 0.0546 e. The van der Waals surface area contributed by atoms with E-state index in [0.29, 0.717) is 0 Å². The molecule has 1 aromatic carbocycles. The summed E-state index contributed by atoms with van der Waals surface area (Å²) < 4.78 is 0. The lowest BCUT2D eigenvalue weighted by atomic mass is 9.82. The van der Waals surface area contributed by atoms with Crippen LogP contribution >= 0.6 is 11.8 Å². The van der Waals surface area contributed by atoms with Crippen LogP contribution in [0.1, 0.15) is 12.8 Å². The Hall–Kier alpha value is -0.510. The van der Waals surface area contributed by atoms with Gasteiger partial charge in [0.15, 0.2) is 0 Å². The zero-order valence-corrected chi connectivity index (χ0v) is 11.2. The van der Waals surface area contributed by atoms with Gasteiger partial charge in [-0.2, -0.15) is 0 Å². The summed E-state index contributed by atoms with van der Waals surface area (Å²) >= 11 is 1.91. The molecule has 0 atom stereocenters. The molecule has 1 fully saturated rings. The number of thioether (sulfide) groups is 1. The summed E-state index contributed by atoms with van der Waals surface area (Å²) in [6, 6.07) is 10.5. The monoisotopic (exact) mass is 251 g/mol. The van der Waals surface area contributed by atoms with E-state index in [9.17, 15) is 5.11 Å². The largest absolute Gasteiger partial charge is 0.393 e. The second-order valence-electron chi connectivity index (χ2n) is 4.92. The highest BCUT2D eigenvalue weighted by Gasteiger charge is 2.27. The number of benzene rings is 1. The summed E-state index contributed by atoms with van der Waals surface area (Å²) in [5.41, 5.74) is 0. The maximum absolute atomic E-state index is 9.23. The number of aliphatic hydroxyl groups excluding tert-OH is 1. The summed E-state index contributed by atoms with van der Waals surface area (Å²) in [4.78, 5) is 3.73. The average Bonchev–Trinajstić information content (AvgIpc) is 2.28. The summed E-state index contributed by atoms with van der Waals surface area (Å²) in [6.07, 6.45) is 1.97. The van der Waals surface area contributed by atoms with Gasteiger partial charge in [-0.05, 0) is 37.9 Å². The van der Waals surface area contributed by atoms with E-state index >= 15 is 0 Å². The molecule has 1 aliphatic rings. The van der Waals surface area contributed by atoms with Crippen molar-refractivity contribution in [2.45, 2.75) is 23.8 Å². The fraction of sp³-hybridized carbons (Fsp3) is 0.571. The number of aliphatic hydroxyl groups is 1. The Morgan fingerprint density at radius 2 is 2.00 bits per heavy atom. The Morgan fingerprint density at radius 1 is 1.29 bits per heavy atom. The van der Waals surface area contributed by atoms with Gasteiger partial charge in [-0.25, -0.2) is 0 Å². The van der Waals surface area contributed by atoms with Gasteiger partial charge in [0.05, 0.1) is 6.10 Å². The minimum absolute atomic E-state index is 0.0212. The third-order valence-electron chi connectivity index (χ3n) is 3.27. The van der Waals surface area contributed by atoms with Gasteiger partial charge in [-0.3, -0.25) is 0 Å². The summed E-state index contributed by atoms with van der Waals surface area (Å²) in [5, 5.41) is 9.23. The molecule has 0 bridgehead atoms. The molecule has 94 valence electrons. The van der Waals surface area contributed by atoms with Crippen LogP contribution in [0.15, 0.2) is 35.2 Å². The van der Waals surface area contributed by atoms with Gasteiger partial charge >= 0.3 is 0 Å². The Kier molecular flexibility index (Phi) is 4.89. The first kappa shape index (κ1) is 12.9. The van der Waals surface area contributed by atoms with Crippen LogP contribution in [0.2, 0.25) is 0 Å². The molecule has 1 aliphatic carbocycles. The molecule has 1 N–H and O–H groups in total. The van der Waals surface area contributed by atoms with Gasteiger partial charge in [0.1, 0.15) is 0 Å². The van der Waals surface area contributed by atoms with Crippen LogP contribution in [0.4, 0.5) is 0 Å². The minimum Gasteiger partial charge on any atom is -0.393 e. The van der Waals surface area contributed by atoms with Crippen LogP contribution in [-0.4, -0.2) is 42.0 Å². The molecule has 0 amide bonds. The van der Waals surface area contributed by atoms with Crippen molar-refractivity contribution < 1.29 is 5.11 Å². The number of rotatable bonds is 6. The molecule has 0 heterocycles. The van der Waals surface area contributed by atoms with Crippen LogP contribution in [0.5, 0.6) is 0 Å². The van der Waals surface area contributed by atoms with Crippen LogP contribution in [0.3, 0.4) is 0 Å². The van der Waals surface area contributed by atoms with E-state index < -0.39 is 0 Å². The van der Waals surface area contributed by atoms with Crippen molar-refractivity contribution >= 4 is 11.8 Å². The van der Waals surface area contributed by atoms with Crippen molar-refractivity contribution in [3.05, 3.63) is 30.3 Å². The van der Waals surface area contributed by atoms with Crippen molar-refractivity contribution in [2.24, 2.45) is 5.92 Å². The van der Waals surface area contributed by atoms with Gasteiger partial charge in [0.2, 0.25) is 0 Å². The van der Waals surface area contributed by atoms with E-state index in [4.69, 9.17) is 0 Å². The lowest BCUT2D eigenvalue weighted by Gasteiger charge is -2.34. The van der Waals surface area contributed by atoms with E-state index in [1.165, 1.54) is 4.90 Å². The zero-order valence-electron chi connectivity index (χ0n) is 10.4. The van der Waals surface area contributed by atoms with Gasteiger partial charge < -0.3 is 10.0 Å². The van der Waals surface area contributed by atoms with E-state index in [2.05, 4.69) is 42.3 Å². The predicted octanol–water partition coefficient (Wildman–Crippen LogP) is 2.48. The lowest BCUT2D eigenvalue weighted by molar-refractivity contribution is 0.0292. The van der Waals surface area contributed by atoms with E-state index in [1.54, 1.807) is 0 Å². The van der Waals surface area contributed by atoms with Crippen LogP contribution in [-0.2, 0) is 0 Å². The van der Waals surface area contributed by atoms with Crippen molar-refractivity contribution in [2.75, 3.05) is 25.9 Å². The quantitative estimate of drug-likeness (QED) is 0.786. The van der Waals surface area contributed by atoms with Crippen molar-refractivity contribution in [3.8, 4) is 0 Å². The first-order valence-corrected chi connectivity index (χ1v) is 7.27. The molecule has 0 aliphatic heterocycles. The molecule has 0 radical (unpaired) electrons. The fourth-order valence-electron chi connectivity index (χ4n) is 2.22. The normalized spacial score (nSPS) is 23.7. The maximum Gasteiger partial charge on any atom is 0.0546 e. The van der Waals surface area contributed by atoms with Crippen molar-refractivity contribution in [1.82, 2.24) is 4.90 Å². The van der Waals surface area contributed by atoms with Crippen LogP contribution < -0.4 is 0 Å². The molecule has 17 heavy (non-hydrogen) atoms. The maximum atomic E-state index is 9.23. The SMILES string of the molecule is CN(CCSc1ccccc1)CC1CC(O)C1. The summed E-state index contributed by atoms with van der Waals surface area (Å²) in [6.45, 7) is 2.25. The minimum atomic E-state index is -0.0212. The molecular formula is C14H21NOS. The Balaban J connectivity index is 1.58. The van der Waals surface area contributed by atoms with E-state index in [1.807, 2.05) is 11.8 Å². The molecule has 0 saturated heterocycles. The van der Waals surface area contributed by atoms with E-state index in [-0.39, 0.29) is 6.10 Å². The molecule has 3 heteroatoms. The molecule has 1 aromatic rings. The van der Waals surface area contributed by atoms with Gasteiger partial charge in [-0.1, -0.05) is 18.2 Å². The van der Waals surface area contributed by atoms with Crippen LogP contribution in [0.25, 0.3) is 0 Å². The van der Waals surface area contributed by atoms with Gasteiger partial charge in [0, 0.05) is 23.7 Å². The second-order valence-corrected chi connectivity index (χ2v) is 6.08. The zero-order chi connectivity index (χ0) is 12.1. The highest BCUT2D eigenvalue weighted by Crippen LogP contribution is 2.27. The third-order valence-corrected chi connectivity index (χ3v) is 4.26. The summed E-state index contributed by atoms with van der Waals surface area (Å²) in [5.74, 6) is 1.85. The van der Waals surface area contributed by atoms with Gasteiger partial charge in [0.25, 0.3) is 0 Å². The molecule has 2 nitrogen and oxygen atoms in total. The number of hydrogen-bond donors (Lipinski definition) is 1.